The second-order valence-electron chi connectivity index (χ2n) is 3.91. The molecular formula is C11H17NO2. The third-order valence-corrected chi connectivity index (χ3v) is 2.30. The lowest BCUT2D eigenvalue weighted by Crippen LogP contribution is -2.18. The second kappa shape index (κ2) is 4.94. The average molecular weight is 195 g/mol. The van der Waals surface area contributed by atoms with Crippen molar-refractivity contribution in [2.45, 2.75) is 32.1 Å². The molecule has 0 radical (unpaired) electrons. The molecule has 0 unspecified atom stereocenters. The number of Topliss-reactive ketones (excluding diaryl/α,β-unsaturated/α-hetero) is 2. The number of ketones is 2. The van der Waals surface area contributed by atoms with Crippen molar-refractivity contribution in [2.75, 3.05) is 14.1 Å². The Balaban J connectivity index is 2.83. The molecule has 3 nitrogen and oxygen atoms in total. The minimum Gasteiger partial charge on any atom is -0.383 e. The molecule has 1 fully saturated rings. The summed E-state index contributed by atoms with van der Waals surface area (Å²) in [4.78, 5) is 25.0. The number of hydrogen-bond acceptors (Lipinski definition) is 3. The van der Waals surface area contributed by atoms with Crippen LogP contribution >= 0.6 is 0 Å². The zero-order chi connectivity index (χ0) is 10.6. The third-order valence-electron chi connectivity index (χ3n) is 2.30. The van der Waals surface area contributed by atoms with Gasteiger partial charge in [-0.1, -0.05) is 6.42 Å². The first-order valence-electron chi connectivity index (χ1n) is 5.06. The molecule has 1 aliphatic rings. The summed E-state index contributed by atoms with van der Waals surface area (Å²) in [6.45, 7) is 0. The Bertz CT molecular complexity index is 246. The first-order valence-corrected chi connectivity index (χ1v) is 5.06. The van der Waals surface area contributed by atoms with Gasteiger partial charge in [0, 0.05) is 33.1 Å². The quantitative estimate of drug-likeness (QED) is 0.470. The molecule has 1 aliphatic carbocycles. The van der Waals surface area contributed by atoms with E-state index in [-0.39, 0.29) is 11.6 Å². The van der Waals surface area contributed by atoms with Crippen LogP contribution in [0.15, 0.2) is 11.8 Å². The molecule has 0 saturated heterocycles. The summed E-state index contributed by atoms with van der Waals surface area (Å²) in [6.07, 6.45) is 5.51. The number of allylic oxidation sites excluding steroid dienone is 1. The molecule has 1 saturated carbocycles. The Labute approximate surface area is 84.8 Å². The highest BCUT2D eigenvalue weighted by molar-refractivity contribution is 6.20. The molecular weight excluding hydrogens is 178 g/mol. The molecule has 0 bridgehead atoms. The maximum atomic E-state index is 11.6. The zero-order valence-electron chi connectivity index (χ0n) is 8.88. The third kappa shape index (κ3) is 2.98. The van der Waals surface area contributed by atoms with Gasteiger partial charge in [0.05, 0.1) is 5.57 Å². The lowest BCUT2D eigenvalue weighted by Gasteiger charge is -2.13. The Morgan fingerprint density at radius 3 is 1.93 bits per heavy atom. The highest BCUT2D eigenvalue weighted by Gasteiger charge is 2.19. The topological polar surface area (TPSA) is 37.4 Å². The predicted molar refractivity (Wildman–Crippen MR) is 54.9 cm³/mol. The minimum absolute atomic E-state index is 0.00315. The van der Waals surface area contributed by atoms with Crippen LogP contribution in [0, 0.1) is 0 Å². The Morgan fingerprint density at radius 1 is 1.00 bits per heavy atom. The van der Waals surface area contributed by atoms with Crippen LogP contribution < -0.4 is 0 Å². The van der Waals surface area contributed by atoms with Gasteiger partial charge in [-0.25, -0.2) is 0 Å². The number of carbonyl (C=O) groups excluding carboxylic acids is 2. The molecule has 0 N–H and O–H groups in total. The second-order valence-corrected chi connectivity index (χ2v) is 3.91. The van der Waals surface area contributed by atoms with Gasteiger partial charge in [0.2, 0.25) is 0 Å². The molecule has 0 amide bonds. The maximum absolute atomic E-state index is 11.6. The van der Waals surface area contributed by atoms with E-state index in [0.29, 0.717) is 18.4 Å². The van der Waals surface area contributed by atoms with Gasteiger partial charge in [0.1, 0.15) is 0 Å². The fourth-order valence-corrected chi connectivity index (χ4v) is 1.57. The van der Waals surface area contributed by atoms with Gasteiger partial charge >= 0.3 is 0 Å². The Hall–Kier alpha value is -1.12. The molecule has 0 spiro atoms. The SMILES string of the molecule is CN(C)C=C1C(=O)CCCCCC1=O. The van der Waals surface area contributed by atoms with E-state index < -0.39 is 0 Å². The van der Waals surface area contributed by atoms with Crippen LogP contribution in [-0.2, 0) is 9.59 Å². The van der Waals surface area contributed by atoms with E-state index in [1.165, 1.54) is 0 Å². The lowest BCUT2D eigenvalue weighted by molar-refractivity contribution is -0.122. The van der Waals surface area contributed by atoms with Crippen molar-refractivity contribution in [1.82, 2.24) is 4.90 Å². The van der Waals surface area contributed by atoms with Crippen LogP contribution in [0.25, 0.3) is 0 Å². The monoisotopic (exact) mass is 195 g/mol. The van der Waals surface area contributed by atoms with Crippen molar-refractivity contribution in [2.24, 2.45) is 0 Å². The van der Waals surface area contributed by atoms with E-state index in [1.54, 1.807) is 11.1 Å². The first-order chi connectivity index (χ1) is 6.61. The molecule has 0 atom stereocenters. The summed E-state index contributed by atoms with van der Waals surface area (Å²) >= 11 is 0. The fraction of sp³-hybridized carbons (Fsp3) is 0.636. The molecule has 14 heavy (non-hydrogen) atoms. The van der Waals surface area contributed by atoms with Crippen LogP contribution in [0.3, 0.4) is 0 Å². The molecule has 0 aliphatic heterocycles. The summed E-state index contributed by atoms with van der Waals surface area (Å²) in [5, 5.41) is 0. The Morgan fingerprint density at radius 2 is 1.50 bits per heavy atom. The van der Waals surface area contributed by atoms with E-state index in [9.17, 15) is 9.59 Å². The van der Waals surface area contributed by atoms with Crippen LogP contribution in [0.5, 0.6) is 0 Å². The molecule has 3 heteroatoms. The van der Waals surface area contributed by atoms with Gasteiger partial charge in [-0.3, -0.25) is 9.59 Å². The molecule has 78 valence electrons. The van der Waals surface area contributed by atoms with Crippen molar-refractivity contribution in [3.63, 3.8) is 0 Å². The van der Waals surface area contributed by atoms with Crippen molar-refractivity contribution in [3.8, 4) is 0 Å². The molecule has 0 aromatic carbocycles. The smallest absolute Gasteiger partial charge is 0.167 e. The zero-order valence-corrected chi connectivity index (χ0v) is 8.88. The van der Waals surface area contributed by atoms with Crippen LogP contribution in [0.4, 0.5) is 0 Å². The van der Waals surface area contributed by atoms with Crippen LogP contribution in [0.1, 0.15) is 32.1 Å². The number of carbonyl (C=O) groups is 2. The van der Waals surface area contributed by atoms with E-state index in [4.69, 9.17) is 0 Å². The maximum Gasteiger partial charge on any atom is 0.167 e. The predicted octanol–water partition coefficient (Wildman–Crippen LogP) is 1.53. The highest BCUT2D eigenvalue weighted by Crippen LogP contribution is 2.16. The highest BCUT2D eigenvalue weighted by atomic mass is 16.1. The Kier molecular flexibility index (Phi) is 3.86. The number of hydrogen-bond donors (Lipinski definition) is 0. The van der Waals surface area contributed by atoms with E-state index >= 15 is 0 Å². The van der Waals surface area contributed by atoms with Crippen molar-refractivity contribution in [3.05, 3.63) is 11.8 Å². The van der Waals surface area contributed by atoms with Crippen LogP contribution in [0.2, 0.25) is 0 Å². The molecule has 0 heterocycles. The van der Waals surface area contributed by atoms with Crippen molar-refractivity contribution >= 4 is 11.6 Å². The van der Waals surface area contributed by atoms with Crippen molar-refractivity contribution < 1.29 is 9.59 Å². The normalized spacial score (nSPS) is 18.9. The average Bonchev–Trinajstić information content (AvgIpc) is 2.11. The van der Waals surface area contributed by atoms with Crippen molar-refractivity contribution in [1.29, 1.82) is 0 Å². The minimum atomic E-state index is 0.00315. The van der Waals surface area contributed by atoms with E-state index in [1.807, 2.05) is 14.1 Å². The fourth-order valence-electron chi connectivity index (χ4n) is 1.57. The number of rotatable bonds is 1. The van der Waals surface area contributed by atoms with Crippen LogP contribution in [-0.4, -0.2) is 30.6 Å². The molecule has 1 rings (SSSR count). The largest absolute Gasteiger partial charge is 0.383 e. The summed E-state index contributed by atoms with van der Waals surface area (Å²) in [6, 6.07) is 0. The number of nitrogens with zero attached hydrogens (tertiary/aromatic N) is 1. The molecule has 0 aromatic heterocycles. The van der Waals surface area contributed by atoms with Gasteiger partial charge < -0.3 is 4.90 Å². The van der Waals surface area contributed by atoms with Gasteiger partial charge in [-0.05, 0) is 12.8 Å². The summed E-state index contributed by atoms with van der Waals surface area (Å²) < 4.78 is 0. The standard InChI is InChI=1S/C11H17NO2/c1-12(2)8-9-10(13)6-4-3-5-7-11(9)14/h8H,3-7H2,1-2H3. The van der Waals surface area contributed by atoms with Gasteiger partial charge in [-0.2, -0.15) is 0 Å². The van der Waals surface area contributed by atoms with Gasteiger partial charge in [-0.15, -0.1) is 0 Å². The van der Waals surface area contributed by atoms with Gasteiger partial charge in [0.15, 0.2) is 11.6 Å². The van der Waals surface area contributed by atoms with E-state index in [0.717, 1.165) is 19.3 Å². The molecule has 0 aromatic rings. The van der Waals surface area contributed by atoms with E-state index in [2.05, 4.69) is 0 Å². The first kappa shape index (κ1) is 11.0. The summed E-state index contributed by atoms with van der Waals surface area (Å²) in [5.74, 6) is 0.00630. The lowest BCUT2D eigenvalue weighted by atomic mass is 9.94. The summed E-state index contributed by atoms with van der Waals surface area (Å²) in [5.41, 5.74) is 0.384. The summed E-state index contributed by atoms with van der Waals surface area (Å²) in [7, 11) is 3.65. The van der Waals surface area contributed by atoms with Gasteiger partial charge in [0.25, 0.3) is 0 Å².